The zero-order valence-corrected chi connectivity index (χ0v) is 13.4. The van der Waals surface area contributed by atoms with Gasteiger partial charge < -0.3 is 14.5 Å². The van der Waals surface area contributed by atoms with E-state index >= 15 is 0 Å². The van der Waals surface area contributed by atoms with Crippen molar-refractivity contribution in [3.63, 3.8) is 0 Å². The van der Waals surface area contributed by atoms with Crippen molar-refractivity contribution in [3.05, 3.63) is 35.5 Å². The highest BCUT2D eigenvalue weighted by Crippen LogP contribution is 2.36. The zero-order valence-electron chi connectivity index (χ0n) is 13.4. The molecule has 23 heavy (non-hydrogen) atoms. The lowest BCUT2D eigenvalue weighted by atomic mass is 10.0. The molecule has 1 unspecified atom stereocenters. The molecule has 3 fully saturated rings. The number of rotatable bonds is 2. The molecule has 0 bridgehead atoms. The zero-order chi connectivity index (χ0) is 15.6. The number of piperidine rings is 1. The molecule has 1 atom stereocenters. The van der Waals surface area contributed by atoms with Crippen LogP contribution in [0.4, 0.5) is 10.6 Å². The molecule has 3 heterocycles. The first kappa shape index (κ1) is 14.5. The molecule has 0 radical (unpaired) electrons. The van der Waals surface area contributed by atoms with Crippen molar-refractivity contribution in [1.29, 1.82) is 0 Å². The van der Waals surface area contributed by atoms with Crippen LogP contribution in [0.3, 0.4) is 0 Å². The standard InChI is InChI=1S/C18H23N3O2/c22-18(20-10-6-15(7-11-20)14-4-5-14)23-16-8-12-21(13-16)17-3-1-2-9-19-17/h1-3,9,16H,4-8,10-13H2. The summed E-state index contributed by atoms with van der Waals surface area (Å²) in [6.07, 6.45) is 7.16. The average Bonchev–Trinajstić information content (AvgIpc) is 3.35. The Morgan fingerprint density at radius 1 is 1.09 bits per heavy atom. The molecule has 0 N–H and O–H groups in total. The Morgan fingerprint density at radius 3 is 2.57 bits per heavy atom. The Hall–Kier alpha value is -2.04. The Kier molecular flexibility index (Phi) is 3.93. The Morgan fingerprint density at radius 2 is 1.87 bits per heavy atom. The van der Waals surface area contributed by atoms with Crippen molar-refractivity contribution in [2.45, 2.75) is 38.2 Å². The third-order valence-electron chi connectivity index (χ3n) is 5.01. The van der Waals surface area contributed by atoms with Gasteiger partial charge in [-0.3, -0.25) is 0 Å². The molecule has 2 aliphatic heterocycles. The lowest BCUT2D eigenvalue weighted by molar-refractivity contribution is 0.0688. The van der Waals surface area contributed by atoms with Gasteiger partial charge in [0.1, 0.15) is 11.9 Å². The fourth-order valence-electron chi connectivity index (χ4n) is 3.52. The minimum atomic E-state index is -0.141. The number of nitrogens with zero attached hydrogens (tertiary/aromatic N) is 3. The van der Waals surface area contributed by atoms with Crippen LogP contribution in [-0.2, 0) is 4.74 Å². The maximum Gasteiger partial charge on any atom is 0.410 e. The predicted octanol–water partition coefficient (Wildman–Crippen LogP) is 2.98. The van der Waals surface area contributed by atoms with Crippen LogP contribution in [0.5, 0.6) is 0 Å². The van der Waals surface area contributed by atoms with Crippen LogP contribution in [0.25, 0.3) is 0 Å². The minimum absolute atomic E-state index is 0.0207. The monoisotopic (exact) mass is 313 g/mol. The third-order valence-corrected chi connectivity index (χ3v) is 5.01. The number of hydrogen-bond donors (Lipinski definition) is 0. The van der Waals surface area contributed by atoms with Gasteiger partial charge in [-0.05, 0) is 37.8 Å². The molecule has 1 aliphatic carbocycles. The highest BCUT2D eigenvalue weighted by atomic mass is 16.6. The third kappa shape index (κ3) is 3.33. The maximum atomic E-state index is 12.3. The lowest BCUT2D eigenvalue weighted by Gasteiger charge is -2.29. The van der Waals surface area contributed by atoms with Crippen LogP contribution in [0.1, 0.15) is 32.1 Å². The minimum Gasteiger partial charge on any atom is -0.444 e. The summed E-state index contributed by atoms with van der Waals surface area (Å²) in [5, 5.41) is 0. The molecular weight excluding hydrogens is 290 g/mol. The molecule has 0 aromatic carbocycles. The van der Waals surface area contributed by atoms with Crippen molar-refractivity contribution >= 4 is 11.9 Å². The van der Waals surface area contributed by atoms with Crippen molar-refractivity contribution in [2.75, 3.05) is 31.1 Å². The lowest BCUT2D eigenvalue weighted by Crippen LogP contribution is -2.39. The highest BCUT2D eigenvalue weighted by Gasteiger charge is 2.30. The van der Waals surface area contributed by atoms with Crippen LogP contribution < -0.4 is 4.90 Å². The molecule has 5 heteroatoms. The van der Waals surface area contributed by atoms with Gasteiger partial charge in [0, 0.05) is 32.3 Å². The van der Waals surface area contributed by atoms with E-state index < -0.39 is 0 Å². The molecule has 1 saturated carbocycles. The average molecular weight is 313 g/mol. The summed E-state index contributed by atoms with van der Waals surface area (Å²) in [6.45, 7) is 3.26. The van der Waals surface area contributed by atoms with E-state index in [0.717, 1.165) is 51.3 Å². The van der Waals surface area contributed by atoms with E-state index in [1.54, 1.807) is 17.3 Å². The summed E-state index contributed by atoms with van der Waals surface area (Å²) in [5.74, 6) is 0.963. The van der Waals surface area contributed by atoms with Gasteiger partial charge in [-0.1, -0.05) is 17.2 Å². The van der Waals surface area contributed by atoms with E-state index in [4.69, 9.17) is 4.74 Å². The molecule has 5 nitrogen and oxygen atoms in total. The summed E-state index contributed by atoms with van der Waals surface area (Å²) >= 11 is 0. The van der Waals surface area contributed by atoms with E-state index in [0.29, 0.717) is 0 Å². The first-order valence-corrected chi connectivity index (χ1v) is 8.61. The van der Waals surface area contributed by atoms with Gasteiger partial charge in [0.15, 0.2) is 0 Å². The van der Waals surface area contributed by atoms with E-state index in [1.165, 1.54) is 12.8 Å². The van der Waals surface area contributed by atoms with Crippen LogP contribution >= 0.6 is 0 Å². The summed E-state index contributed by atoms with van der Waals surface area (Å²) < 4.78 is 5.72. The topological polar surface area (TPSA) is 45.7 Å². The van der Waals surface area contributed by atoms with Crippen molar-refractivity contribution in [2.24, 2.45) is 0 Å². The van der Waals surface area contributed by atoms with E-state index in [9.17, 15) is 4.79 Å². The van der Waals surface area contributed by atoms with Crippen LogP contribution in [0.15, 0.2) is 35.5 Å². The fourth-order valence-corrected chi connectivity index (χ4v) is 3.52. The second kappa shape index (κ2) is 6.22. The van der Waals surface area contributed by atoms with E-state index in [2.05, 4.69) is 9.88 Å². The van der Waals surface area contributed by atoms with Gasteiger partial charge in [-0.15, -0.1) is 0 Å². The Labute approximate surface area is 136 Å². The normalized spacial score (nSPS) is 24.1. The first-order valence-electron chi connectivity index (χ1n) is 8.61. The number of hydrogen-bond acceptors (Lipinski definition) is 4. The van der Waals surface area contributed by atoms with Gasteiger partial charge in [0.25, 0.3) is 0 Å². The number of likely N-dealkylation sites (tertiary alicyclic amines) is 1. The number of allylic oxidation sites excluding steroid dienone is 1. The summed E-state index contributed by atoms with van der Waals surface area (Å²) in [7, 11) is 0. The summed E-state index contributed by atoms with van der Waals surface area (Å²) in [4.78, 5) is 20.8. The first-order chi connectivity index (χ1) is 11.3. The van der Waals surface area contributed by atoms with Gasteiger partial charge in [0.05, 0.1) is 6.54 Å². The van der Waals surface area contributed by atoms with Crippen LogP contribution in [-0.4, -0.2) is 48.3 Å². The van der Waals surface area contributed by atoms with Gasteiger partial charge in [-0.2, -0.15) is 0 Å². The van der Waals surface area contributed by atoms with Crippen molar-refractivity contribution < 1.29 is 9.53 Å². The maximum absolute atomic E-state index is 12.3. The summed E-state index contributed by atoms with van der Waals surface area (Å²) in [5.41, 5.74) is 3.23. The van der Waals surface area contributed by atoms with E-state index in [1.807, 2.05) is 23.1 Å². The smallest absolute Gasteiger partial charge is 0.410 e. The highest BCUT2D eigenvalue weighted by molar-refractivity contribution is 5.68. The molecule has 0 spiro atoms. The van der Waals surface area contributed by atoms with Crippen molar-refractivity contribution in [1.82, 2.24) is 9.88 Å². The number of aromatic nitrogens is 1. The second-order valence-corrected chi connectivity index (χ2v) is 6.62. The number of ether oxygens (including phenoxy) is 1. The van der Waals surface area contributed by atoms with Crippen LogP contribution in [0, 0.1) is 0 Å². The largest absolute Gasteiger partial charge is 0.444 e. The number of anilines is 1. The predicted molar refractivity (Wildman–Crippen MR) is 88.4 cm³/mol. The molecular formula is C18H23N3O2. The molecule has 4 rings (SSSR count). The number of carbonyl (C=O) groups excluding carboxylic acids is 1. The molecule has 1 amide bonds. The Bertz CT molecular complexity index is 598. The van der Waals surface area contributed by atoms with Crippen LogP contribution in [0.2, 0.25) is 0 Å². The second-order valence-electron chi connectivity index (χ2n) is 6.62. The summed E-state index contributed by atoms with van der Waals surface area (Å²) in [6, 6.07) is 5.90. The van der Waals surface area contributed by atoms with Crippen molar-refractivity contribution in [3.8, 4) is 0 Å². The number of amides is 1. The SMILES string of the molecule is O=C(OC1CCN(c2ccccn2)C1)N1CCC(=C2CC2)CC1. The molecule has 2 saturated heterocycles. The van der Waals surface area contributed by atoms with Gasteiger partial charge >= 0.3 is 6.09 Å². The quantitative estimate of drug-likeness (QED) is 0.788. The molecule has 3 aliphatic rings. The van der Waals surface area contributed by atoms with Gasteiger partial charge in [0.2, 0.25) is 0 Å². The molecule has 1 aromatic heterocycles. The fraction of sp³-hybridized carbons (Fsp3) is 0.556. The van der Waals surface area contributed by atoms with Gasteiger partial charge in [-0.25, -0.2) is 9.78 Å². The Balaban J connectivity index is 1.27. The molecule has 1 aromatic rings. The number of pyridine rings is 1. The van der Waals surface area contributed by atoms with E-state index in [-0.39, 0.29) is 12.2 Å². The number of carbonyl (C=O) groups is 1. The molecule has 122 valence electrons.